The van der Waals surface area contributed by atoms with Crippen LogP contribution in [-0.2, 0) is 20.7 Å². The molecule has 0 fully saturated rings. The van der Waals surface area contributed by atoms with Crippen LogP contribution in [0.1, 0.15) is 61.8 Å². The lowest BCUT2D eigenvalue weighted by Gasteiger charge is -2.23. The van der Waals surface area contributed by atoms with Gasteiger partial charge < -0.3 is 9.47 Å². The molecule has 1 unspecified atom stereocenters. The molecule has 1 N–H and O–H groups in total. The Morgan fingerprint density at radius 3 is 2.50 bits per heavy atom. The molecule has 2 aromatic rings. The van der Waals surface area contributed by atoms with Gasteiger partial charge in [0, 0.05) is 17.9 Å². The summed E-state index contributed by atoms with van der Waals surface area (Å²) in [5.41, 5.74) is 1.46. The highest BCUT2D eigenvalue weighted by atomic mass is 35.5. The van der Waals surface area contributed by atoms with E-state index in [9.17, 15) is 9.59 Å². The van der Waals surface area contributed by atoms with E-state index in [2.05, 4.69) is 10.3 Å². The van der Waals surface area contributed by atoms with Gasteiger partial charge in [-0.2, -0.15) is 0 Å². The van der Waals surface area contributed by atoms with Gasteiger partial charge >= 0.3 is 11.9 Å². The molecule has 0 aliphatic rings. The fraction of sp³-hybridized carbons (Fsp3) is 0.435. The normalized spacial score (nSPS) is 13.4. The summed E-state index contributed by atoms with van der Waals surface area (Å²) in [6, 6.07) is 10.2. The van der Waals surface area contributed by atoms with E-state index in [4.69, 9.17) is 21.1 Å². The van der Waals surface area contributed by atoms with Gasteiger partial charge in [-0.15, -0.1) is 0 Å². The first-order chi connectivity index (χ1) is 14.1. The lowest BCUT2D eigenvalue weighted by Crippen LogP contribution is -2.39. The molecule has 162 valence electrons. The highest BCUT2D eigenvalue weighted by Gasteiger charge is 2.24. The van der Waals surface area contributed by atoms with Gasteiger partial charge in [-0.1, -0.05) is 23.7 Å². The molecule has 2 rings (SSSR count). The number of nitrogens with one attached hydrogen (secondary N) is 1. The van der Waals surface area contributed by atoms with Gasteiger partial charge in [-0.05, 0) is 70.4 Å². The Hall–Kier alpha value is -2.44. The predicted molar refractivity (Wildman–Crippen MR) is 117 cm³/mol. The molecule has 0 aliphatic carbocycles. The minimum absolute atomic E-state index is 0.192. The number of rotatable bonds is 8. The van der Waals surface area contributed by atoms with Crippen molar-refractivity contribution in [2.45, 2.75) is 58.2 Å². The summed E-state index contributed by atoms with van der Waals surface area (Å²) in [7, 11) is 1.37. The maximum atomic E-state index is 12.3. The molecule has 0 aliphatic heterocycles. The molecule has 1 heterocycles. The summed E-state index contributed by atoms with van der Waals surface area (Å²) < 4.78 is 10.3. The summed E-state index contributed by atoms with van der Waals surface area (Å²) in [6.45, 7) is 7.33. The fourth-order valence-electron chi connectivity index (χ4n) is 2.95. The first kappa shape index (κ1) is 23.8. The first-order valence-corrected chi connectivity index (χ1v) is 10.2. The van der Waals surface area contributed by atoms with E-state index in [-0.39, 0.29) is 12.0 Å². The Labute approximate surface area is 182 Å². The third kappa shape index (κ3) is 7.11. The van der Waals surface area contributed by atoms with Crippen molar-refractivity contribution in [3.05, 3.63) is 64.4 Å². The number of aromatic nitrogens is 1. The SMILES string of the molecule is COC(=O)[C@@H](CCc1ccccn1)NC(C)c1ccc(C(=O)OC(C)(C)C)c(Cl)c1. The van der Waals surface area contributed by atoms with Crippen molar-refractivity contribution in [3.8, 4) is 0 Å². The molecule has 0 saturated carbocycles. The zero-order chi connectivity index (χ0) is 22.3. The summed E-state index contributed by atoms with van der Waals surface area (Å²) in [4.78, 5) is 28.8. The number of carbonyl (C=O) groups is 2. The topological polar surface area (TPSA) is 77.5 Å². The highest BCUT2D eigenvalue weighted by molar-refractivity contribution is 6.33. The van der Waals surface area contributed by atoms with Gasteiger partial charge in [0.15, 0.2) is 0 Å². The third-order valence-corrected chi connectivity index (χ3v) is 4.78. The molecule has 0 amide bonds. The standard InChI is InChI=1S/C23H29ClN2O4/c1-15(16-9-11-18(19(24)14-16)21(27)30-23(2,3)4)26-20(22(28)29-5)12-10-17-8-6-7-13-25-17/h6-9,11,13-15,20,26H,10,12H2,1-5H3/t15?,20-/m1/s1. The maximum Gasteiger partial charge on any atom is 0.340 e. The largest absolute Gasteiger partial charge is 0.468 e. The maximum absolute atomic E-state index is 12.3. The van der Waals surface area contributed by atoms with E-state index in [0.29, 0.717) is 23.4 Å². The van der Waals surface area contributed by atoms with Crippen LogP contribution in [0.15, 0.2) is 42.6 Å². The van der Waals surface area contributed by atoms with Crippen LogP contribution in [0.4, 0.5) is 0 Å². The fourth-order valence-corrected chi connectivity index (χ4v) is 3.21. The van der Waals surface area contributed by atoms with Gasteiger partial charge in [0.2, 0.25) is 0 Å². The number of aryl methyl sites for hydroxylation is 1. The number of ether oxygens (including phenoxy) is 2. The van der Waals surface area contributed by atoms with Gasteiger partial charge in [0.25, 0.3) is 0 Å². The predicted octanol–water partition coefficient (Wildman–Crippen LogP) is 4.52. The smallest absolute Gasteiger partial charge is 0.340 e. The van der Waals surface area contributed by atoms with E-state index in [1.807, 2.05) is 25.1 Å². The Morgan fingerprint density at radius 1 is 1.20 bits per heavy atom. The number of hydrogen-bond acceptors (Lipinski definition) is 6. The lowest BCUT2D eigenvalue weighted by molar-refractivity contribution is -0.143. The summed E-state index contributed by atoms with van der Waals surface area (Å²) >= 11 is 6.34. The van der Waals surface area contributed by atoms with Crippen LogP contribution in [0, 0.1) is 0 Å². The Bertz CT molecular complexity index is 865. The van der Waals surface area contributed by atoms with Crippen LogP contribution < -0.4 is 5.32 Å². The minimum atomic E-state index is -0.602. The average Bonchev–Trinajstić information content (AvgIpc) is 2.69. The second kappa shape index (κ2) is 10.5. The number of esters is 2. The zero-order valence-corrected chi connectivity index (χ0v) is 18.8. The molecule has 0 bridgehead atoms. The van der Waals surface area contributed by atoms with Crippen LogP contribution in [0.5, 0.6) is 0 Å². The van der Waals surface area contributed by atoms with Crippen LogP contribution in [-0.4, -0.2) is 35.7 Å². The van der Waals surface area contributed by atoms with Gasteiger partial charge in [-0.25, -0.2) is 4.79 Å². The zero-order valence-electron chi connectivity index (χ0n) is 18.1. The van der Waals surface area contributed by atoms with Crippen molar-refractivity contribution in [2.75, 3.05) is 7.11 Å². The molecule has 2 atom stereocenters. The minimum Gasteiger partial charge on any atom is -0.468 e. The van der Waals surface area contributed by atoms with Crippen molar-refractivity contribution in [1.29, 1.82) is 0 Å². The number of carbonyl (C=O) groups excluding carboxylic acids is 2. The summed E-state index contributed by atoms with van der Waals surface area (Å²) in [6.07, 6.45) is 2.91. The molecule has 0 radical (unpaired) electrons. The monoisotopic (exact) mass is 432 g/mol. The number of hydrogen-bond donors (Lipinski definition) is 1. The molecular weight excluding hydrogens is 404 g/mol. The van der Waals surface area contributed by atoms with Crippen LogP contribution in [0.3, 0.4) is 0 Å². The van der Waals surface area contributed by atoms with Crippen molar-refractivity contribution in [3.63, 3.8) is 0 Å². The lowest BCUT2D eigenvalue weighted by atomic mass is 10.0. The van der Waals surface area contributed by atoms with Gasteiger partial charge in [-0.3, -0.25) is 15.1 Å². The number of benzene rings is 1. The van der Waals surface area contributed by atoms with Crippen molar-refractivity contribution >= 4 is 23.5 Å². The number of nitrogens with zero attached hydrogens (tertiary/aromatic N) is 1. The van der Waals surface area contributed by atoms with Gasteiger partial charge in [0.1, 0.15) is 11.6 Å². The van der Waals surface area contributed by atoms with E-state index in [0.717, 1.165) is 11.3 Å². The molecule has 0 spiro atoms. The summed E-state index contributed by atoms with van der Waals surface area (Å²) in [5.74, 6) is -0.809. The summed E-state index contributed by atoms with van der Waals surface area (Å²) in [5, 5.41) is 3.60. The Balaban J connectivity index is 2.09. The van der Waals surface area contributed by atoms with Crippen LogP contribution >= 0.6 is 11.6 Å². The average molecular weight is 433 g/mol. The second-order valence-corrected chi connectivity index (χ2v) is 8.47. The molecule has 30 heavy (non-hydrogen) atoms. The first-order valence-electron chi connectivity index (χ1n) is 9.87. The third-order valence-electron chi connectivity index (χ3n) is 4.46. The van der Waals surface area contributed by atoms with E-state index in [1.165, 1.54) is 7.11 Å². The van der Waals surface area contributed by atoms with Crippen LogP contribution in [0.2, 0.25) is 5.02 Å². The van der Waals surface area contributed by atoms with Gasteiger partial charge in [0.05, 0.1) is 17.7 Å². The van der Waals surface area contributed by atoms with Crippen molar-refractivity contribution in [1.82, 2.24) is 10.3 Å². The van der Waals surface area contributed by atoms with E-state index < -0.39 is 17.6 Å². The van der Waals surface area contributed by atoms with Crippen molar-refractivity contribution < 1.29 is 19.1 Å². The molecule has 7 heteroatoms. The molecule has 1 aromatic heterocycles. The van der Waals surface area contributed by atoms with Crippen molar-refractivity contribution in [2.24, 2.45) is 0 Å². The Morgan fingerprint density at radius 2 is 1.93 bits per heavy atom. The number of methoxy groups -OCH3 is 1. The van der Waals surface area contributed by atoms with E-state index in [1.54, 1.807) is 45.2 Å². The van der Waals surface area contributed by atoms with E-state index >= 15 is 0 Å². The highest BCUT2D eigenvalue weighted by Crippen LogP contribution is 2.25. The Kier molecular flexibility index (Phi) is 8.38. The number of halogens is 1. The quantitative estimate of drug-likeness (QED) is 0.618. The molecular formula is C23H29ClN2O4. The number of pyridine rings is 1. The second-order valence-electron chi connectivity index (χ2n) is 8.07. The molecule has 0 saturated heterocycles. The molecule has 1 aromatic carbocycles. The van der Waals surface area contributed by atoms with Crippen LogP contribution in [0.25, 0.3) is 0 Å². The molecule has 6 nitrogen and oxygen atoms in total.